The van der Waals surface area contributed by atoms with Crippen LogP contribution in [0.15, 0.2) is 15.2 Å². The summed E-state index contributed by atoms with van der Waals surface area (Å²) in [6.07, 6.45) is 2.73. The average molecular weight is 331 g/mol. The van der Waals surface area contributed by atoms with Crippen LogP contribution in [0.3, 0.4) is 0 Å². The van der Waals surface area contributed by atoms with E-state index in [9.17, 15) is 0 Å². The third-order valence-electron chi connectivity index (χ3n) is 3.58. The molecule has 1 saturated carbocycles. The molecule has 1 aliphatic carbocycles. The van der Waals surface area contributed by atoms with Crippen molar-refractivity contribution in [2.45, 2.75) is 45.3 Å². The first-order valence-electron chi connectivity index (χ1n) is 6.73. The van der Waals surface area contributed by atoms with Gasteiger partial charge in [-0.1, -0.05) is 13.8 Å². The van der Waals surface area contributed by atoms with Crippen molar-refractivity contribution >= 4 is 27.3 Å². The maximum Gasteiger partial charge on any atom is 0.0701 e. The van der Waals surface area contributed by atoms with Gasteiger partial charge in [-0.05, 0) is 58.7 Å². The van der Waals surface area contributed by atoms with Crippen LogP contribution in [-0.2, 0) is 6.54 Å². The quantitative estimate of drug-likeness (QED) is 0.819. The zero-order chi connectivity index (χ0) is 13.1. The van der Waals surface area contributed by atoms with Crippen LogP contribution in [0.4, 0.5) is 0 Å². The summed E-state index contributed by atoms with van der Waals surface area (Å²) in [6.45, 7) is 6.79. The van der Waals surface area contributed by atoms with Crippen LogP contribution >= 0.6 is 27.3 Å². The Labute approximate surface area is 123 Å². The fraction of sp³-hybridized carbons (Fsp3) is 0.714. The van der Waals surface area contributed by atoms with E-state index in [0.29, 0.717) is 12.0 Å². The molecule has 0 radical (unpaired) electrons. The first-order valence-corrected chi connectivity index (χ1v) is 8.40. The normalized spacial score (nSPS) is 17.7. The Kier molecular flexibility index (Phi) is 5.24. The van der Waals surface area contributed by atoms with Gasteiger partial charge in [-0.25, -0.2) is 0 Å². The van der Waals surface area contributed by atoms with E-state index in [1.54, 1.807) is 11.3 Å². The molecule has 1 aliphatic rings. The largest absolute Gasteiger partial charge is 0.312 e. The zero-order valence-electron chi connectivity index (χ0n) is 11.4. The third kappa shape index (κ3) is 4.34. The Morgan fingerprint density at radius 1 is 1.50 bits per heavy atom. The molecule has 1 heterocycles. The molecule has 1 fully saturated rings. The number of nitrogens with zero attached hydrogens (tertiary/aromatic N) is 1. The Hall–Kier alpha value is 0.100. The minimum atomic E-state index is 0.615. The van der Waals surface area contributed by atoms with Crippen LogP contribution in [0.2, 0.25) is 0 Å². The second kappa shape index (κ2) is 6.51. The predicted molar refractivity (Wildman–Crippen MR) is 83.1 cm³/mol. The van der Waals surface area contributed by atoms with Crippen molar-refractivity contribution in [3.8, 4) is 0 Å². The molecule has 0 aliphatic heterocycles. The predicted octanol–water partition coefficient (Wildman–Crippen LogP) is 3.72. The topological polar surface area (TPSA) is 15.3 Å². The van der Waals surface area contributed by atoms with Crippen molar-refractivity contribution < 1.29 is 0 Å². The van der Waals surface area contributed by atoms with Gasteiger partial charge in [0.25, 0.3) is 0 Å². The highest BCUT2D eigenvalue weighted by molar-refractivity contribution is 9.11. The van der Waals surface area contributed by atoms with Gasteiger partial charge in [-0.15, -0.1) is 11.3 Å². The van der Waals surface area contributed by atoms with Crippen molar-refractivity contribution in [1.82, 2.24) is 10.2 Å². The molecule has 0 aromatic carbocycles. The van der Waals surface area contributed by atoms with E-state index in [1.807, 2.05) is 0 Å². The Morgan fingerprint density at radius 2 is 2.22 bits per heavy atom. The van der Waals surface area contributed by atoms with E-state index in [0.717, 1.165) is 19.1 Å². The highest BCUT2D eigenvalue weighted by Gasteiger charge is 2.25. The number of hydrogen-bond acceptors (Lipinski definition) is 3. The first kappa shape index (κ1) is 14.5. The average Bonchev–Trinajstić information content (AvgIpc) is 3.02. The fourth-order valence-corrected chi connectivity index (χ4v) is 3.51. The standard InChI is InChI=1S/C14H23BrN2S/c1-10(2)13(7-16-12-4-5-12)17(3)8-11-6-14(15)18-9-11/h6,9-10,12-13,16H,4-5,7-8H2,1-3H3. The van der Waals surface area contributed by atoms with Crippen molar-refractivity contribution in [3.63, 3.8) is 0 Å². The van der Waals surface area contributed by atoms with Gasteiger partial charge in [0.1, 0.15) is 0 Å². The molecule has 4 heteroatoms. The molecule has 0 saturated heterocycles. The van der Waals surface area contributed by atoms with Crippen molar-refractivity contribution in [2.75, 3.05) is 13.6 Å². The minimum Gasteiger partial charge on any atom is -0.312 e. The van der Waals surface area contributed by atoms with Crippen molar-refractivity contribution in [2.24, 2.45) is 5.92 Å². The van der Waals surface area contributed by atoms with Crippen LogP contribution < -0.4 is 5.32 Å². The van der Waals surface area contributed by atoms with E-state index in [1.165, 1.54) is 22.2 Å². The Balaban J connectivity index is 1.87. The van der Waals surface area contributed by atoms with Gasteiger partial charge in [-0.2, -0.15) is 0 Å². The monoisotopic (exact) mass is 330 g/mol. The molecular weight excluding hydrogens is 308 g/mol. The Bertz CT molecular complexity index is 374. The zero-order valence-corrected chi connectivity index (χ0v) is 13.9. The summed E-state index contributed by atoms with van der Waals surface area (Å²) in [5.41, 5.74) is 1.41. The number of thiophene rings is 1. The van der Waals surface area contributed by atoms with Crippen LogP contribution in [0, 0.1) is 5.92 Å². The summed E-state index contributed by atoms with van der Waals surface area (Å²) in [7, 11) is 2.24. The van der Waals surface area contributed by atoms with Crippen LogP contribution in [0.1, 0.15) is 32.3 Å². The number of hydrogen-bond donors (Lipinski definition) is 1. The molecular formula is C14H23BrN2S. The van der Waals surface area contributed by atoms with Crippen LogP contribution in [0.25, 0.3) is 0 Å². The smallest absolute Gasteiger partial charge is 0.0701 e. The summed E-state index contributed by atoms with van der Waals surface area (Å²) < 4.78 is 1.23. The van der Waals surface area contributed by atoms with Gasteiger partial charge in [0.05, 0.1) is 3.79 Å². The van der Waals surface area contributed by atoms with E-state index >= 15 is 0 Å². The lowest BCUT2D eigenvalue weighted by molar-refractivity contribution is 0.179. The van der Waals surface area contributed by atoms with Crippen molar-refractivity contribution in [1.29, 1.82) is 0 Å². The molecule has 2 nitrogen and oxygen atoms in total. The SMILES string of the molecule is CC(C)C(CNC1CC1)N(C)Cc1csc(Br)c1. The van der Waals surface area contributed by atoms with Gasteiger partial charge >= 0.3 is 0 Å². The van der Waals surface area contributed by atoms with Gasteiger partial charge < -0.3 is 5.32 Å². The number of nitrogens with one attached hydrogen (secondary N) is 1. The highest BCUT2D eigenvalue weighted by Crippen LogP contribution is 2.23. The molecule has 1 unspecified atom stereocenters. The molecule has 102 valence electrons. The van der Waals surface area contributed by atoms with Crippen molar-refractivity contribution in [3.05, 3.63) is 20.8 Å². The molecule has 1 N–H and O–H groups in total. The second-order valence-electron chi connectivity index (χ2n) is 5.67. The van der Waals surface area contributed by atoms with Crippen LogP contribution in [-0.4, -0.2) is 30.6 Å². The molecule has 1 atom stereocenters. The van der Waals surface area contributed by atoms with Gasteiger partial charge in [0.2, 0.25) is 0 Å². The van der Waals surface area contributed by atoms with E-state index < -0.39 is 0 Å². The summed E-state index contributed by atoms with van der Waals surface area (Å²) >= 11 is 5.30. The molecule has 1 aromatic heterocycles. The lowest BCUT2D eigenvalue weighted by Gasteiger charge is -2.31. The van der Waals surface area contributed by atoms with E-state index in [-0.39, 0.29) is 0 Å². The highest BCUT2D eigenvalue weighted by atomic mass is 79.9. The minimum absolute atomic E-state index is 0.615. The fourth-order valence-electron chi connectivity index (χ4n) is 2.31. The third-order valence-corrected chi connectivity index (χ3v) is 5.14. The first-order chi connectivity index (χ1) is 8.56. The molecule has 1 aromatic rings. The van der Waals surface area contributed by atoms with Crippen LogP contribution in [0.5, 0.6) is 0 Å². The van der Waals surface area contributed by atoms with E-state index in [2.05, 4.69) is 58.5 Å². The maximum absolute atomic E-state index is 3.66. The molecule has 0 bridgehead atoms. The summed E-state index contributed by atoms with van der Waals surface area (Å²) in [6, 6.07) is 3.64. The summed E-state index contributed by atoms with van der Waals surface area (Å²) in [4.78, 5) is 2.48. The lowest BCUT2D eigenvalue weighted by Crippen LogP contribution is -2.43. The second-order valence-corrected chi connectivity index (χ2v) is 7.96. The molecule has 0 spiro atoms. The number of likely N-dealkylation sites (N-methyl/N-ethyl adjacent to an activating group) is 1. The molecule has 0 amide bonds. The van der Waals surface area contributed by atoms with Gasteiger partial charge in [-0.3, -0.25) is 4.90 Å². The maximum atomic E-state index is 3.66. The summed E-state index contributed by atoms with van der Waals surface area (Å²) in [5, 5.41) is 5.90. The number of halogens is 1. The summed E-state index contributed by atoms with van der Waals surface area (Å²) in [5.74, 6) is 0.684. The molecule has 18 heavy (non-hydrogen) atoms. The molecule has 2 rings (SSSR count). The van der Waals surface area contributed by atoms with Gasteiger partial charge in [0, 0.05) is 25.2 Å². The number of rotatable bonds is 7. The van der Waals surface area contributed by atoms with Gasteiger partial charge in [0.15, 0.2) is 0 Å². The Morgan fingerprint density at radius 3 is 2.72 bits per heavy atom. The van der Waals surface area contributed by atoms with E-state index in [4.69, 9.17) is 0 Å². The lowest BCUT2D eigenvalue weighted by atomic mass is 10.0.